The maximum Gasteiger partial charge on any atom is 0.199 e. The Morgan fingerprint density at radius 1 is 1.41 bits per heavy atom. The highest BCUT2D eigenvalue weighted by atomic mass is 32.1. The summed E-state index contributed by atoms with van der Waals surface area (Å²) >= 11 is 1.64. The Morgan fingerprint density at radius 3 is 3.14 bits per heavy atom. The molecule has 0 saturated carbocycles. The molecule has 7 heteroatoms. The number of para-hydroxylation sites is 1. The molecule has 1 aromatic heterocycles. The van der Waals surface area contributed by atoms with E-state index in [0.717, 1.165) is 42.8 Å². The zero-order valence-corrected chi connectivity index (χ0v) is 13.1. The lowest BCUT2D eigenvalue weighted by molar-refractivity contribution is 0.0715. The summed E-state index contributed by atoms with van der Waals surface area (Å²) in [5, 5.41) is 7.46. The molecular weight excluding hydrogens is 298 g/mol. The van der Waals surface area contributed by atoms with Gasteiger partial charge in [-0.15, -0.1) is 0 Å². The van der Waals surface area contributed by atoms with E-state index in [4.69, 9.17) is 4.74 Å². The van der Waals surface area contributed by atoms with E-state index < -0.39 is 0 Å². The number of rotatable bonds is 3. The van der Waals surface area contributed by atoms with Crippen molar-refractivity contribution in [3.8, 4) is 0 Å². The van der Waals surface area contributed by atoms with Gasteiger partial charge in [0, 0.05) is 13.2 Å². The normalized spacial score (nSPS) is 22.5. The number of guanidine groups is 1. The van der Waals surface area contributed by atoms with Gasteiger partial charge in [0.1, 0.15) is 0 Å². The molecule has 116 valence electrons. The summed E-state index contributed by atoms with van der Waals surface area (Å²) in [4.78, 5) is 11.4. The molecule has 2 N–H and O–H groups in total. The number of fused-ring (bicyclic) bond motifs is 1. The van der Waals surface area contributed by atoms with Crippen LogP contribution in [0.15, 0.2) is 29.3 Å². The Kier molecular flexibility index (Phi) is 3.92. The molecule has 6 nitrogen and oxygen atoms in total. The van der Waals surface area contributed by atoms with Gasteiger partial charge >= 0.3 is 0 Å². The highest BCUT2D eigenvalue weighted by molar-refractivity contribution is 7.22. The van der Waals surface area contributed by atoms with Gasteiger partial charge in [0.2, 0.25) is 0 Å². The number of hydrogen-bond acceptors (Lipinski definition) is 7. The first kappa shape index (κ1) is 13.9. The van der Waals surface area contributed by atoms with Crippen molar-refractivity contribution >= 4 is 32.6 Å². The predicted molar refractivity (Wildman–Crippen MR) is 89.2 cm³/mol. The van der Waals surface area contributed by atoms with Crippen molar-refractivity contribution < 1.29 is 4.74 Å². The van der Waals surface area contributed by atoms with Crippen molar-refractivity contribution in [2.45, 2.75) is 18.9 Å². The molecule has 3 heterocycles. The number of nitrogens with one attached hydrogen (secondary N) is 2. The first-order valence-electron chi connectivity index (χ1n) is 7.62. The molecule has 2 aliphatic rings. The summed E-state index contributed by atoms with van der Waals surface area (Å²) in [6.07, 6.45) is 2.71. The second-order valence-electron chi connectivity index (χ2n) is 5.58. The molecule has 2 aromatic rings. The molecule has 1 aromatic carbocycles. The van der Waals surface area contributed by atoms with Gasteiger partial charge in [-0.25, -0.2) is 9.98 Å². The minimum absolute atomic E-state index is 0.371. The number of anilines is 1. The highest BCUT2D eigenvalue weighted by Crippen LogP contribution is 2.25. The lowest BCUT2D eigenvalue weighted by atomic mass is 10.2. The maximum absolute atomic E-state index is 5.67. The first-order valence-corrected chi connectivity index (χ1v) is 8.43. The van der Waals surface area contributed by atoms with Crippen molar-refractivity contribution in [2.75, 3.05) is 31.8 Å². The van der Waals surface area contributed by atoms with Crippen LogP contribution in [-0.2, 0) is 4.74 Å². The summed E-state index contributed by atoms with van der Waals surface area (Å²) in [6.45, 7) is 3.33. The van der Waals surface area contributed by atoms with E-state index in [2.05, 4.69) is 31.6 Å². The van der Waals surface area contributed by atoms with Gasteiger partial charge in [0.25, 0.3) is 0 Å². The molecule has 0 aliphatic carbocycles. The van der Waals surface area contributed by atoms with Crippen LogP contribution in [0.2, 0.25) is 0 Å². The fourth-order valence-corrected chi connectivity index (χ4v) is 3.64. The molecule has 2 aliphatic heterocycles. The third-order valence-corrected chi connectivity index (χ3v) is 4.86. The molecular formula is C15H19N5OS. The SMILES string of the molecule is c1ccc2sc(NC3=NCN(C[C@@H]4CCCO4)CN3)nc2c1. The number of aliphatic imine (C=N–C) groups is 1. The van der Waals surface area contributed by atoms with E-state index in [0.29, 0.717) is 12.8 Å². The van der Waals surface area contributed by atoms with Crippen molar-refractivity contribution in [1.82, 2.24) is 15.2 Å². The van der Waals surface area contributed by atoms with Gasteiger partial charge in [-0.3, -0.25) is 4.90 Å². The Balaban J connectivity index is 1.36. The molecule has 0 amide bonds. The molecule has 0 spiro atoms. The van der Waals surface area contributed by atoms with Crippen LogP contribution in [0, 0.1) is 0 Å². The van der Waals surface area contributed by atoms with E-state index in [1.165, 1.54) is 11.1 Å². The average molecular weight is 317 g/mol. The predicted octanol–water partition coefficient (Wildman–Crippen LogP) is 2.06. The standard InChI is InChI=1S/C15H19N5OS/c1-2-6-13-12(5-1)18-15(22-13)19-14-16-9-20(10-17-14)8-11-4-3-7-21-11/h1-2,5-6,11H,3-4,7-10H2,(H2,16,17,18,19)/t11-/m0/s1. The molecule has 0 bridgehead atoms. The molecule has 1 fully saturated rings. The van der Waals surface area contributed by atoms with Gasteiger partial charge in [0.15, 0.2) is 11.1 Å². The summed E-state index contributed by atoms with van der Waals surface area (Å²) in [5.74, 6) is 0.794. The minimum Gasteiger partial charge on any atom is -0.377 e. The van der Waals surface area contributed by atoms with Crippen LogP contribution < -0.4 is 10.6 Å². The minimum atomic E-state index is 0.371. The molecule has 4 rings (SSSR count). The van der Waals surface area contributed by atoms with E-state index in [1.807, 2.05) is 18.2 Å². The lowest BCUT2D eigenvalue weighted by Gasteiger charge is -2.28. The van der Waals surface area contributed by atoms with E-state index in [9.17, 15) is 0 Å². The van der Waals surface area contributed by atoms with E-state index >= 15 is 0 Å². The number of nitrogens with zero attached hydrogens (tertiary/aromatic N) is 3. The van der Waals surface area contributed by atoms with Crippen molar-refractivity contribution in [3.05, 3.63) is 24.3 Å². The van der Waals surface area contributed by atoms with Crippen LogP contribution in [0.1, 0.15) is 12.8 Å². The highest BCUT2D eigenvalue weighted by Gasteiger charge is 2.21. The first-order chi connectivity index (χ1) is 10.9. The van der Waals surface area contributed by atoms with Gasteiger partial charge in [-0.1, -0.05) is 23.5 Å². The van der Waals surface area contributed by atoms with Crippen LogP contribution in [-0.4, -0.2) is 48.4 Å². The number of ether oxygens (including phenoxy) is 1. The van der Waals surface area contributed by atoms with Gasteiger partial charge in [0.05, 0.1) is 29.7 Å². The van der Waals surface area contributed by atoms with Crippen molar-refractivity contribution in [1.29, 1.82) is 0 Å². The molecule has 1 atom stereocenters. The molecule has 0 radical (unpaired) electrons. The number of thiazole rings is 1. The zero-order chi connectivity index (χ0) is 14.8. The fraction of sp³-hybridized carbons (Fsp3) is 0.467. The second kappa shape index (κ2) is 6.20. The molecule has 22 heavy (non-hydrogen) atoms. The van der Waals surface area contributed by atoms with Crippen LogP contribution in [0.3, 0.4) is 0 Å². The summed E-state index contributed by atoms with van der Waals surface area (Å²) in [5.41, 5.74) is 1.02. The number of benzene rings is 1. The molecule has 0 unspecified atom stereocenters. The Bertz CT molecular complexity index is 646. The lowest BCUT2D eigenvalue weighted by Crippen LogP contribution is -2.47. The fourth-order valence-electron chi connectivity index (χ4n) is 2.77. The third-order valence-electron chi connectivity index (χ3n) is 3.90. The van der Waals surface area contributed by atoms with E-state index in [1.54, 1.807) is 11.3 Å². The van der Waals surface area contributed by atoms with Crippen LogP contribution in [0.5, 0.6) is 0 Å². The quantitative estimate of drug-likeness (QED) is 0.907. The van der Waals surface area contributed by atoms with E-state index in [-0.39, 0.29) is 0 Å². The smallest absolute Gasteiger partial charge is 0.199 e. The van der Waals surface area contributed by atoms with Gasteiger partial charge < -0.3 is 15.4 Å². The summed E-state index contributed by atoms with van der Waals surface area (Å²) in [6, 6.07) is 8.14. The average Bonchev–Trinajstić information content (AvgIpc) is 3.18. The second-order valence-corrected chi connectivity index (χ2v) is 6.61. The Labute approximate surface area is 133 Å². The van der Waals surface area contributed by atoms with Crippen LogP contribution in [0.4, 0.5) is 5.13 Å². The maximum atomic E-state index is 5.67. The third kappa shape index (κ3) is 3.06. The Hall–Kier alpha value is -1.70. The Morgan fingerprint density at radius 2 is 2.36 bits per heavy atom. The number of aromatic nitrogens is 1. The largest absolute Gasteiger partial charge is 0.377 e. The topological polar surface area (TPSA) is 61.8 Å². The zero-order valence-electron chi connectivity index (χ0n) is 12.3. The van der Waals surface area contributed by atoms with Gasteiger partial charge in [-0.2, -0.15) is 0 Å². The summed E-state index contributed by atoms with van der Waals surface area (Å²) < 4.78 is 6.85. The van der Waals surface area contributed by atoms with Crippen LogP contribution in [0.25, 0.3) is 10.2 Å². The van der Waals surface area contributed by atoms with Crippen molar-refractivity contribution in [3.63, 3.8) is 0 Å². The molecule has 1 saturated heterocycles. The van der Waals surface area contributed by atoms with Crippen molar-refractivity contribution in [2.24, 2.45) is 4.99 Å². The van der Waals surface area contributed by atoms with Crippen LogP contribution >= 0.6 is 11.3 Å². The van der Waals surface area contributed by atoms with Gasteiger partial charge in [-0.05, 0) is 25.0 Å². The number of hydrogen-bond donors (Lipinski definition) is 2. The summed E-state index contributed by atoms with van der Waals surface area (Å²) in [7, 11) is 0. The monoisotopic (exact) mass is 317 g/mol.